The maximum atomic E-state index is 13.2. The molecular weight excluding hydrogens is 466 g/mol. The highest BCUT2D eigenvalue weighted by atomic mass is 16.1. The van der Waals surface area contributed by atoms with E-state index in [1.165, 1.54) is 0 Å². The van der Waals surface area contributed by atoms with Crippen molar-refractivity contribution in [3.63, 3.8) is 0 Å². The maximum absolute atomic E-state index is 13.2. The Morgan fingerprint density at radius 1 is 1.03 bits per heavy atom. The van der Waals surface area contributed by atoms with Gasteiger partial charge in [0.1, 0.15) is 28.7 Å². The van der Waals surface area contributed by atoms with E-state index in [0.29, 0.717) is 46.3 Å². The molecule has 0 saturated heterocycles. The normalized spacial score (nSPS) is 11.1. The van der Waals surface area contributed by atoms with Crippen LogP contribution in [0.15, 0.2) is 71.9 Å². The van der Waals surface area contributed by atoms with Crippen LogP contribution in [0, 0.1) is 0 Å². The molecule has 0 bridgehead atoms. The number of aromatic amines is 1. The van der Waals surface area contributed by atoms with Gasteiger partial charge >= 0.3 is 0 Å². The standard InChI is InChI=1S/C28H27N7O2/c1-3-17-11-12-30-22(15-17)34-23(36)16-18-5-7-19(8-6-18)21-10-9-20-25(37)24(27-31-13-14-32-27)26(29)35(4-2)28(20)33-21/h5-15H,3-4,16,29H2,1-2H3,(H,31,32)(H,30,34,36). The lowest BCUT2D eigenvalue weighted by atomic mass is 10.1. The van der Waals surface area contributed by atoms with Gasteiger partial charge in [0.2, 0.25) is 11.3 Å². The number of hydrogen-bond donors (Lipinski definition) is 3. The van der Waals surface area contributed by atoms with Crippen LogP contribution < -0.4 is 16.5 Å². The number of H-pyrrole nitrogens is 1. The molecule has 4 heterocycles. The molecule has 1 aromatic carbocycles. The van der Waals surface area contributed by atoms with Gasteiger partial charge in [-0.3, -0.25) is 9.59 Å². The van der Waals surface area contributed by atoms with Gasteiger partial charge in [0.15, 0.2) is 0 Å². The zero-order valence-electron chi connectivity index (χ0n) is 20.7. The largest absolute Gasteiger partial charge is 0.384 e. The molecule has 0 aliphatic heterocycles. The van der Waals surface area contributed by atoms with Crippen LogP contribution in [0.5, 0.6) is 0 Å². The number of hydrogen-bond acceptors (Lipinski definition) is 6. The predicted molar refractivity (Wildman–Crippen MR) is 145 cm³/mol. The Morgan fingerprint density at radius 2 is 1.84 bits per heavy atom. The fourth-order valence-corrected chi connectivity index (χ4v) is 4.37. The van der Waals surface area contributed by atoms with Gasteiger partial charge in [-0.15, -0.1) is 0 Å². The molecule has 0 unspecified atom stereocenters. The average molecular weight is 494 g/mol. The van der Waals surface area contributed by atoms with Gasteiger partial charge in [-0.1, -0.05) is 31.2 Å². The Bertz CT molecular complexity index is 1640. The van der Waals surface area contributed by atoms with Crippen molar-refractivity contribution in [2.75, 3.05) is 11.1 Å². The number of benzene rings is 1. The third kappa shape index (κ3) is 4.71. The zero-order chi connectivity index (χ0) is 25.9. The molecule has 4 aromatic heterocycles. The van der Waals surface area contributed by atoms with E-state index < -0.39 is 0 Å². The minimum Gasteiger partial charge on any atom is -0.384 e. The number of pyridine rings is 3. The molecule has 0 aliphatic rings. The summed E-state index contributed by atoms with van der Waals surface area (Å²) in [6.07, 6.45) is 6.05. The molecule has 0 spiro atoms. The van der Waals surface area contributed by atoms with Crippen LogP contribution in [-0.4, -0.2) is 30.4 Å². The Labute approximate surface area is 213 Å². The summed E-state index contributed by atoms with van der Waals surface area (Å²) in [7, 11) is 0. The number of aryl methyl sites for hydroxylation is 2. The maximum Gasteiger partial charge on any atom is 0.229 e. The number of aromatic nitrogens is 5. The molecule has 37 heavy (non-hydrogen) atoms. The summed E-state index contributed by atoms with van der Waals surface area (Å²) in [5.74, 6) is 1.17. The van der Waals surface area contributed by atoms with Crippen LogP contribution >= 0.6 is 0 Å². The van der Waals surface area contributed by atoms with Crippen LogP contribution in [0.3, 0.4) is 0 Å². The Kier molecular flexibility index (Phi) is 6.51. The lowest BCUT2D eigenvalue weighted by Gasteiger charge is -2.15. The first-order valence-electron chi connectivity index (χ1n) is 12.1. The highest BCUT2D eigenvalue weighted by molar-refractivity contribution is 5.91. The Morgan fingerprint density at radius 3 is 2.54 bits per heavy atom. The molecule has 0 radical (unpaired) electrons. The van der Waals surface area contributed by atoms with Crippen molar-refractivity contribution in [2.45, 2.75) is 33.2 Å². The first kappa shape index (κ1) is 23.9. The summed E-state index contributed by atoms with van der Waals surface area (Å²) in [6, 6.07) is 15.0. The van der Waals surface area contributed by atoms with Crippen LogP contribution in [0.1, 0.15) is 25.0 Å². The highest BCUT2D eigenvalue weighted by Crippen LogP contribution is 2.26. The first-order valence-corrected chi connectivity index (χ1v) is 12.1. The fourth-order valence-electron chi connectivity index (χ4n) is 4.37. The Balaban J connectivity index is 1.41. The van der Waals surface area contributed by atoms with E-state index in [0.717, 1.165) is 23.1 Å². The van der Waals surface area contributed by atoms with Gasteiger partial charge in [-0.25, -0.2) is 15.0 Å². The average Bonchev–Trinajstić information content (AvgIpc) is 3.44. The molecular formula is C28H27N7O2. The molecule has 9 nitrogen and oxygen atoms in total. The molecule has 1 amide bonds. The van der Waals surface area contributed by atoms with Crippen molar-refractivity contribution >= 4 is 28.6 Å². The summed E-state index contributed by atoms with van der Waals surface area (Å²) in [4.78, 5) is 41.9. The van der Waals surface area contributed by atoms with E-state index >= 15 is 0 Å². The molecule has 9 heteroatoms. The SMILES string of the molecule is CCc1ccnc(NC(=O)Cc2ccc(-c3ccc4c(=O)c(-c5ncc[nH]5)c(N)n(CC)c4n3)cc2)c1. The van der Waals surface area contributed by atoms with E-state index in [2.05, 4.69) is 27.2 Å². The summed E-state index contributed by atoms with van der Waals surface area (Å²) in [5.41, 5.74) is 10.6. The number of nitrogens with two attached hydrogens (primary N) is 1. The second-order valence-corrected chi connectivity index (χ2v) is 8.66. The number of carbonyl (C=O) groups is 1. The summed E-state index contributed by atoms with van der Waals surface area (Å²) >= 11 is 0. The molecule has 0 saturated carbocycles. The summed E-state index contributed by atoms with van der Waals surface area (Å²) in [6.45, 7) is 4.55. The smallest absolute Gasteiger partial charge is 0.229 e. The second-order valence-electron chi connectivity index (χ2n) is 8.66. The lowest BCUT2D eigenvalue weighted by Crippen LogP contribution is -2.18. The number of anilines is 2. The van der Waals surface area contributed by atoms with Crippen molar-refractivity contribution < 1.29 is 4.79 Å². The molecule has 5 rings (SSSR count). The van der Waals surface area contributed by atoms with E-state index in [-0.39, 0.29) is 17.8 Å². The number of fused-ring (bicyclic) bond motifs is 1. The topological polar surface area (TPSA) is 132 Å². The third-order valence-electron chi connectivity index (χ3n) is 6.32. The lowest BCUT2D eigenvalue weighted by molar-refractivity contribution is -0.115. The van der Waals surface area contributed by atoms with Crippen LogP contribution in [0.4, 0.5) is 11.6 Å². The van der Waals surface area contributed by atoms with E-state index in [1.54, 1.807) is 24.7 Å². The minimum atomic E-state index is -0.216. The van der Waals surface area contributed by atoms with Gasteiger partial charge in [-0.05, 0) is 48.7 Å². The molecule has 5 aromatic rings. The number of amides is 1. The van der Waals surface area contributed by atoms with Crippen molar-refractivity contribution in [1.82, 2.24) is 24.5 Å². The van der Waals surface area contributed by atoms with Gasteiger partial charge < -0.3 is 20.6 Å². The number of nitrogens with zero attached hydrogens (tertiary/aromatic N) is 4. The summed E-state index contributed by atoms with van der Waals surface area (Å²) in [5, 5.41) is 3.33. The van der Waals surface area contributed by atoms with Gasteiger partial charge in [0.25, 0.3) is 0 Å². The monoisotopic (exact) mass is 493 g/mol. The minimum absolute atomic E-state index is 0.132. The van der Waals surface area contributed by atoms with E-state index in [9.17, 15) is 9.59 Å². The Hall–Kier alpha value is -4.79. The third-order valence-corrected chi connectivity index (χ3v) is 6.32. The number of rotatable bonds is 7. The van der Waals surface area contributed by atoms with E-state index in [1.807, 2.05) is 54.0 Å². The molecule has 186 valence electrons. The number of nitrogens with one attached hydrogen (secondary N) is 2. The van der Waals surface area contributed by atoms with Crippen molar-refractivity contribution in [3.05, 3.63) is 88.5 Å². The number of imidazole rings is 1. The highest BCUT2D eigenvalue weighted by Gasteiger charge is 2.19. The van der Waals surface area contributed by atoms with Crippen LogP contribution in [0.2, 0.25) is 0 Å². The quantitative estimate of drug-likeness (QED) is 0.311. The van der Waals surface area contributed by atoms with Crippen LogP contribution in [-0.2, 0) is 24.2 Å². The zero-order valence-corrected chi connectivity index (χ0v) is 20.7. The fraction of sp³-hybridized carbons (Fsp3) is 0.179. The number of nitrogen functional groups attached to an aromatic ring is 1. The van der Waals surface area contributed by atoms with Gasteiger partial charge in [0.05, 0.1) is 17.5 Å². The van der Waals surface area contributed by atoms with Crippen molar-refractivity contribution in [2.24, 2.45) is 0 Å². The molecule has 4 N–H and O–H groups in total. The first-order chi connectivity index (χ1) is 18.0. The van der Waals surface area contributed by atoms with Gasteiger partial charge in [-0.2, -0.15) is 0 Å². The number of carbonyl (C=O) groups excluding carboxylic acids is 1. The predicted octanol–water partition coefficient (Wildman–Crippen LogP) is 4.19. The van der Waals surface area contributed by atoms with Crippen molar-refractivity contribution in [3.8, 4) is 22.6 Å². The second kappa shape index (κ2) is 10.1. The van der Waals surface area contributed by atoms with Crippen LogP contribution in [0.25, 0.3) is 33.7 Å². The molecule has 0 atom stereocenters. The summed E-state index contributed by atoms with van der Waals surface area (Å²) < 4.78 is 1.82. The van der Waals surface area contributed by atoms with E-state index in [4.69, 9.17) is 10.7 Å². The van der Waals surface area contributed by atoms with Gasteiger partial charge in [0, 0.05) is 30.7 Å². The van der Waals surface area contributed by atoms with Crippen molar-refractivity contribution in [1.29, 1.82) is 0 Å². The molecule has 0 fully saturated rings. The molecule has 0 aliphatic carbocycles.